The quantitative estimate of drug-likeness (QED) is 0.598. The number of aromatic nitrogens is 3. The average molecular weight is 422 g/mol. The fraction of sp³-hybridized carbons (Fsp3) is 0.318. The van der Waals surface area contributed by atoms with E-state index in [4.69, 9.17) is 10.5 Å². The van der Waals surface area contributed by atoms with Crippen LogP contribution < -0.4 is 10.6 Å². The van der Waals surface area contributed by atoms with Crippen LogP contribution in [0.2, 0.25) is 0 Å². The van der Waals surface area contributed by atoms with Crippen molar-refractivity contribution in [2.24, 2.45) is 7.05 Å². The molecule has 0 saturated carbocycles. The van der Waals surface area contributed by atoms with Gasteiger partial charge < -0.3 is 20.3 Å². The molecule has 1 aromatic carbocycles. The molecule has 8 nitrogen and oxygen atoms in total. The van der Waals surface area contributed by atoms with Gasteiger partial charge in [-0.2, -0.15) is 5.10 Å². The lowest BCUT2D eigenvalue weighted by Gasteiger charge is -2.39. The number of benzene rings is 1. The first-order valence-electron chi connectivity index (χ1n) is 10.1. The van der Waals surface area contributed by atoms with Crippen molar-refractivity contribution in [3.8, 4) is 11.1 Å². The van der Waals surface area contributed by atoms with Gasteiger partial charge in [0.05, 0.1) is 37.2 Å². The number of ether oxygens (including phenoxy) is 1. The highest BCUT2D eigenvalue weighted by molar-refractivity contribution is 5.96. The first kappa shape index (κ1) is 19.5. The van der Waals surface area contributed by atoms with Crippen molar-refractivity contribution in [2.45, 2.75) is 12.6 Å². The monoisotopic (exact) mass is 422 g/mol. The van der Waals surface area contributed by atoms with Crippen LogP contribution in [0.5, 0.6) is 0 Å². The summed E-state index contributed by atoms with van der Waals surface area (Å²) in [5, 5.41) is 4.56. The SMILES string of the molecule is CN1Cc2nn(C)cc2-c2cnc(N)c(c2)N2CCOC[C@@H]2c2cc(F)ccc2C1=O. The average Bonchev–Trinajstić information content (AvgIpc) is 3.13. The van der Waals surface area contributed by atoms with Crippen LogP contribution in [0.3, 0.4) is 0 Å². The van der Waals surface area contributed by atoms with E-state index in [2.05, 4.69) is 15.0 Å². The Labute approximate surface area is 179 Å². The number of rotatable bonds is 0. The number of nitrogens with two attached hydrogens (primary N) is 1. The third-order valence-electron chi connectivity index (χ3n) is 5.89. The third-order valence-corrected chi connectivity index (χ3v) is 5.89. The number of carbonyl (C=O) groups excluding carboxylic acids is 1. The molecule has 3 aromatic rings. The van der Waals surface area contributed by atoms with Crippen molar-refractivity contribution in [1.82, 2.24) is 19.7 Å². The van der Waals surface area contributed by atoms with Gasteiger partial charge in [-0.25, -0.2) is 9.37 Å². The third kappa shape index (κ3) is 3.31. The van der Waals surface area contributed by atoms with E-state index in [0.29, 0.717) is 43.2 Å². The van der Waals surface area contributed by atoms with Crippen molar-refractivity contribution in [3.63, 3.8) is 0 Å². The van der Waals surface area contributed by atoms with Gasteiger partial charge in [0.2, 0.25) is 0 Å². The molecule has 2 aromatic heterocycles. The number of hydrogen-bond donors (Lipinski definition) is 1. The zero-order valence-corrected chi connectivity index (χ0v) is 17.4. The number of amides is 1. The number of aryl methyl sites for hydroxylation is 1. The summed E-state index contributed by atoms with van der Waals surface area (Å²) >= 11 is 0. The minimum Gasteiger partial charge on any atom is -0.382 e. The Kier molecular flexibility index (Phi) is 4.62. The molecular formula is C22H23FN6O2. The lowest BCUT2D eigenvalue weighted by molar-refractivity contribution is 0.0772. The number of nitrogen functional groups attached to an aromatic ring is 1. The fourth-order valence-corrected chi connectivity index (χ4v) is 4.39. The van der Waals surface area contributed by atoms with E-state index in [9.17, 15) is 9.18 Å². The molecule has 0 radical (unpaired) electrons. The van der Waals surface area contributed by atoms with Crippen LogP contribution in [-0.2, 0) is 18.3 Å². The minimum absolute atomic E-state index is 0.201. The maximum atomic E-state index is 14.3. The molecule has 1 saturated heterocycles. The van der Waals surface area contributed by atoms with E-state index in [1.165, 1.54) is 12.1 Å². The summed E-state index contributed by atoms with van der Waals surface area (Å²) in [7, 11) is 3.57. The zero-order chi connectivity index (χ0) is 21.7. The number of hydrogen-bond acceptors (Lipinski definition) is 6. The molecular weight excluding hydrogens is 399 g/mol. The Balaban J connectivity index is 1.78. The highest BCUT2D eigenvalue weighted by Crippen LogP contribution is 2.38. The number of morpholine rings is 1. The summed E-state index contributed by atoms with van der Waals surface area (Å²) in [6, 6.07) is 5.89. The lowest BCUT2D eigenvalue weighted by Crippen LogP contribution is -2.41. The minimum atomic E-state index is -0.404. The van der Waals surface area contributed by atoms with E-state index < -0.39 is 5.82 Å². The van der Waals surface area contributed by atoms with Gasteiger partial charge in [-0.1, -0.05) is 0 Å². The van der Waals surface area contributed by atoms with Crippen molar-refractivity contribution >= 4 is 17.4 Å². The number of halogens is 1. The van der Waals surface area contributed by atoms with Gasteiger partial charge in [-0.3, -0.25) is 9.48 Å². The fourth-order valence-electron chi connectivity index (χ4n) is 4.39. The second-order valence-corrected chi connectivity index (χ2v) is 7.97. The zero-order valence-electron chi connectivity index (χ0n) is 17.4. The molecule has 0 aliphatic carbocycles. The van der Waals surface area contributed by atoms with Gasteiger partial charge in [0.15, 0.2) is 0 Å². The predicted molar refractivity (Wildman–Crippen MR) is 114 cm³/mol. The Morgan fingerprint density at radius 2 is 2.06 bits per heavy atom. The molecule has 1 amide bonds. The summed E-state index contributed by atoms with van der Waals surface area (Å²) in [5.41, 5.74) is 10.5. The molecule has 1 atom stereocenters. The van der Waals surface area contributed by atoms with Gasteiger partial charge >= 0.3 is 0 Å². The molecule has 5 rings (SSSR count). The van der Waals surface area contributed by atoms with Crippen LogP contribution in [0.15, 0.2) is 36.7 Å². The molecule has 2 aliphatic rings. The number of fused-ring (bicyclic) bond motifs is 8. The summed E-state index contributed by atoms with van der Waals surface area (Å²) in [5.74, 6) is -0.231. The summed E-state index contributed by atoms with van der Waals surface area (Å²) in [6.07, 6.45) is 3.63. The second kappa shape index (κ2) is 7.35. The Hall–Kier alpha value is -3.46. The standard InChI is InChI=1S/C22H23FN6O2/c1-27-11-18-17(10-28(2)26-18)13-7-19(21(24)25-9-13)29-5-6-31-12-20(29)16-8-14(23)3-4-15(16)22(27)30/h3-4,7-10,20H,5-6,11-12H2,1-2H3,(H2,24,25)/t20-/m1/s1. The van der Waals surface area contributed by atoms with Gasteiger partial charge in [-0.15, -0.1) is 0 Å². The first-order valence-corrected chi connectivity index (χ1v) is 10.1. The molecule has 1 fully saturated rings. The summed E-state index contributed by atoms with van der Waals surface area (Å²) in [6.45, 7) is 1.66. The molecule has 0 spiro atoms. The van der Waals surface area contributed by atoms with Crippen LogP contribution in [-0.4, -0.2) is 52.4 Å². The smallest absolute Gasteiger partial charge is 0.254 e. The van der Waals surface area contributed by atoms with Crippen LogP contribution in [0.1, 0.15) is 27.7 Å². The second-order valence-electron chi connectivity index (χ2n) is 7.97. The van der Waals surface area contributed by atoms with E-state index in [-0.39, 0.29) is 11.9 Å². The summed E-state index contributed by atoms with van der Waals surface area (Å²) in [4.78, 5) is 21.5. The van der Waals surface area contributed by atoms with E-state index in [1.54, 1.807) is 28.9 Å². The predicted octanol–water partition coefficient (Wildman–Crippen LogP) is 2.37. The Bertz CT molecular complexity index is 1180. The highest BCUT2D eigenvalue weighted by atomic mass is 19.1. The number of anilines is 2. The van der Waals surface area contributed by atoms with Crippen LogP contribution in [0.25, 0.3) is 11.1 Å². The number of carbonyl (C=O) groups is 1. The lowest BCUT2D eigenvalue weighted by atomic mass is 9.96. The maximum Gasteiger partial charge on any atom is 0.254 e. The molecule has 31 heavy (non-hydrogen) atoms. The van der Waals surface area contributed by atoms with Crippen molar-refractivity contribution < 1.29 is 13.9 Å². The van der Waals surface area contributed by atoms with E-state index >= 15 is 0 Å². The summed E-state index contributed by atoms with van der Waals surface area (Å²) < 4.78 is 21.8. The van der Waals surface area contributed by atoms with Crippen molar-refractivity contribution in [1.29, 1.82) is 0 Å². The highest BCUT2D eigenvalue weighted by Gasteiger charge is 2.32. The normalized spacial score (nSPS) is 18.5. The molecule has 2 bridgehead atoms. The Morgan fingerprint density at radius 1 is 1.23 bits per heavy atom. The first-order chi connectivity index (χ1) is 14.9. The molecule has 160 valence electrons. The van der Waals surface area contributed by atoms with Crippen LogP contribution >= 0.6 is 0 Å². The number of pyridine rings is 1. The van der Waals surface area contributed by atoms with E-state index in [1.807, 2.05) is 19.3 Å². The van der Waals surface area contributed by atoms with Gasteiger partial charge in [0, 0.05) is 49.7 Å². The largest absolute Gasteiger partial charge is 0.382 e. The van der Waals surface area contributed by atoms with Crippen LogP contribution in [0.4, 0.5) is 15.9 Å². The van der Waals surface area contributed by atoms with Crippen molar-refractivity contribution in [2.75, 3.05) is 37.4 Å². The molecule has 9 heteroatoms. The number of nitrogens with zero attached hydrogens (tertiary/aromatic N) is 5. The van der Waals surface area contributed by atoms with Crippen molar-refractivity contribution in [3.05, 3.63) is 59.3 Å². The maximum absolute atomic E-state index is 14.3. The Morgan fingerprint density at radius 3 is 2.90 bits per heavy atom. The molecule has 4 heterocycles. The van der Waals surface area contributed by atoms with Crippen LogP contribution in [0, 0.1) is 5.82 Å². The van der Waals surface area contributed by atoms with E-state index in [0.717, 1.165) is 22.5 Å². The van der Waals surface area contributed by atoms with Gasteiger partial charge in [-0.05, 0) is 29.8 Å². The molecule has 0 unspecified atom stereocenters. The topological polar surface area (TPSA) is 89.5 Å². The molecule has 2 aliphatic heterocycles. The molecule has 2 N–H and O–H groups in total. The van der Waals surface area contributed by atoms with Gasteiger partial charge in [0.25, 0.3) is 5.91 Å². The van der Waals surface area contributed by atoms with Gasteiger partial charge in [0.1, 0.15) is 11.6 Å².